The van der Waals surface area contributed by atoms with E-state index in [2.05, 4.69) is 23.6 Å². The van der Waals surface area contributed by atoms with Crippen molar-refractivity contribution in [3.05, 3.63) is 0 Å². The van der Waals surface area contributed by atoms with E-state index in [0.717, 1.165) is 58.5 Å². The van der Waals surface area contributed by atoms with Crippen LogP contribution in [0.5, 0.6) is 0 Å². The molecule has 1 atom stereocenters. The Kier molecular flexibility index (Phi) is 5.44. The van der Waals surface area contributed by atoms with Crippen molar-refractivity contribution in [3.8, 4) is 0 Å². The molecule has 1 unspecified atom stereocenters. The summed E-state index contributed by atoms with van der Waals surface area (Å²) in [7, 11) is 0. The smallest absolute Gasteiger partial charge is 0.226 e. The van der Waals surface area contributed by atoms with E-state index >= 15 is 0 Å². The van der Waals surface area contributed by atoms with Crippen LogP contribution in [0.25, 0.3) is 0 Å². The summed E-state index contributed by atoms with van der Waals surface area (Å²) in [6.07, 6.45) is 5.79. The van der Waals surface area contributed by atoms with Crippen molar-refractivity contribution in [2.24, 2.45) is 17.1 Å². The van der Waals surface area contributed by atoms with Crippen LogP contribution >= 0.6 is 0 Å². The maximum absolute atomic E-state index is 12.4. The highest BCUT2D eigenvalue weighted by Gasteiger charge is 2.51. The summed E-state index contributed by atoms with van der Waals surface area (Å²) in [4.78, 5) is 17.1. The monoisotopic (exact) mass is 281 g/mol. The van der Waals surface area contributed by atoms with Crippen molar-refractivity contribution in [2.45, 2.75) is 46.0 Å². The van der Waals surface area contributed by atoms with Crippen LogP contribution in [0.1, 0.15) is 46.0 Å². The molecule has 1 heterocycles. The number of nitrogens with two attached hydrogens (primary N) is 1. The van der Waals surface area contributed by atoms with E-state index in [4.69, 9.17) is 5.73 Å². The number of nitrogens with zero attached hydrogens (tertiary/aromatic N) is 2. The number of rotatable bonds is 6. The number of carbonyl (C=O) groups is 1. The lowest BCUT2D eigenvalue weighted by Crippen LogP contribution is -2.37. The molecule has 0 aromatic heterocycles. The summed E-state index contributed by atoms with van der Waals surface area (Å²) in [6.45, 7) is 10.4. The average molecular weight is 281 g/mol. The molecule has 0 spiro atoms. The molecule has 4 nitrogen and oxygen atoms in total. The first-order valence-electron chi connectivity index (χ1n) is 8.26. The third kappa shape index (κ3) is 4.19. The van der Waals surface area contributed by atoms with Crippen molar-refractivity contribution in [2.75, 3.05) is 39.3 Å². The van der Waals surface area contributed by atoms with Crippen molar-refractivity contribution in [1.82, 2.24) is 9.80 Å². The van der Waals surface area contributed by atoms with E-state index in [0.29, 0.717) is 11.8 Å². The van der Waals surface area contributed by atoms with Crippen LogP contribution in [0.2, 0.25) is 0 Å². The van der Waals surface area contributed by atoms with E-state index in [-0.39, 0.29) is 5.41 Å². The van der Waals surface area contributed by atoms with E-state index in [1.807, 2.05) is 0 Å². The standard InChI is InChI=1S/C16H31N3O/c1-16(2)13-14(16)15(20)19-10-6-9-18(11-12-19)8-5-3-4-7-17/h14H,3-13,17H2,1-2H3. The lowest BCUT2D eigenvalue weighted by Gasteiger charge is -2.22. The third-order valence-corrected chi connectivity index (χ3v) is 4.89. The first-order valence-corrected chi connectivity index (χ1v) is 8.26. The summed E-state index contributed by atoms with van der Waals surface area (Å²) >= 11 is 0. The quantitative estimate of drug-likeness (QED) is 0.754. The predicted molar refractivity (Wildman–Crippen MR) is 82.4 cm³/mol. The number of hydrogen-bond donors (Lipinski definition) is 1. The van der Waals surface area contributed by atoms with E-state index < -0.39 is 0 Å². The highest BCUT2D eigenvalue weighted by Crippen LogP contribution is 2.52. The van der Waals surface area contributed by atoms with Gasteiger partial charge in [-0.3, -0.25) is 4.79 Å². The van der Waals surface area contributed by atoms with Gasteiger partial charge < -0.3 is 15.5 Å². The van der Waals surface area contributed by atoms with Crippen molar-refractivity contribution in [1.29, 1.82) is 0 Å². The van der Waals surface area contributed by atoms with Gasteiger partial charge >= 0.3 is 0 Å². The zero-order chi connectivity index (χ0) is 14.6. The van der Waals surface area contributed by atoms with Gasteiger partial charge in [-0.25, -0.2) is 0 Å². The van der Waals surface area contributed by atoms with Crippen LogP contribution in [0, 0.1) is 11.3 Å². The van der Waals surface area contributed by atoms with Gasteiger partial charge in [0.2, 0.25) is 5.91 Å². The lowest BCUT2D eigenvalue weighted by atomic mass is 10.1. The second-order valence-corrected chi connectivity index (χ2v) is 7.12. The van der Waals surface area contributed by atoms with Crippen molar-refractivity contribution in [3.63, 3.8) is 0 Å². The summed E-state index contributed by atoms with van der Waals surface area (Å²) in [5.74, 6) is 0.693. The highest BCUT2D eigenvalue weighted by atomic mass is 16.2. The molecule has 1 aliphatic heterocycles. The highest BCUT2D eigenvalue weighted by molar-refractivity contribution is 5.82. The van der Waals surface area contributed by atoms with E-state index in [1.165, 1.54) is 12.8 Å². The Balaban J connectivity index is 1.71. The molecule has 2 N–H and O–H groups in total. The molecule has 20 heavy (non-hydrogen) atoms. The van der Waals surface area contributed by atoms with Gasteiger partial charge in [0.15, 0.2) is 0 Å². The Morgan fingerprint density at radius 1 is 1.15 bits per heavy atom. The minimum atomic E-state index is 0.255. The van der Waals surface area contributed by atoms with Crippen molar-refractivity contribution < 1.29 is 4.79 Å². The Bertz CT molecular complexity index is 330. The molecule has 0 radical (unpaired) electrons. The fourth-order valence-corrected chi connectivity index (χ4v) is 3.18. The van der Waals surface area contributed by atoms with Gasteiger partial charge in [-0.15, -0.1) is 0 Å². The van der Waals surface area contributed by atoms with Gasteiger partial charge in [0.25, 0.3) is 0 Å². The molecule has 0 bridgehead atoms. The second kappa shape index (κ2) is 6.90. The molecule has 2 aliphatic rings. The molecule has 2 fully saturated rings. The largest absolute Gasteiger partial charge is 0.341 e. The second-order valence-electron chi connectivity index (χ2n) is 7.12. The molecular weight excluding hydrogens is 250 g/mol. The van der Waals surface area contributed by atoms with Crippen molar-refractivity contribution >= 4 is 5.91 Å². The number of hydrogen-bond acceptors (Lipinski definition) is 3. The van der Waals surface area contributed by atoms with Gasteiger partial charge in [0.05, 0.1) is 0 Å². The Hall–Kier alpha value is -0.610. The van der Waals surface area contributed by atoms with Gasteiger partial charge in [-0.2, -0.15) is 0 Å². The molecule has 1 saturated heterocycles. The third-order valence-electron chi connectivity index (χ3n) is 4.89. The van der Waals surface area contributed by atoms with Gasteiger partial charge in [-0.1, -0.05) is 20.3 Å². The summed E-state index contributed by atoms with van der Waals surface area (Å²) in [6, 6.07) is 0. The zero-order valence-corrected chi connectivity index (χ0v) is 13.2. The van der Waals surface area contributed by atoms with Crippen LogP contribution in [0.15, 0.2) is 0 Å². The number of amides is 1. The maximum atomic E-state index is 12.4. The molecule has 1 amide bonds. The van der Waals surface area contributed by atoms with Crippen LogP contribution in [-0.2, 0) is 4.79 Å². The summed E-state index contributed by atoms with van der Waals surface area (Å²) < 4.78 is 0. The minimum Gasteiger partial charge on any atom is -0.341 e. The Morgan fingerprint density at radius 2 is 1.90 bits per heavy atom. The minimum absolute atomic E-state index is 0.255. The molecule has 116 valence electrons. The van der Waals surface area contributed by atoms with Crippen LogP contribution < -0.4 is 5.73 Å². The topological polar surface area (TPSA) is 49.6 Å². The number of unbranched alkanes of at least 4 members (excludes halogenated alkanes) is 2. The molecule has 0 aromatic rings. The molecule has 4 heteroatoms. The summed E-state index contributed by atoms with van der Waals surface area (Å²) in [5, 5.41) is 0. The first kappa shape index (κ1) is 15.8. The Morgan fingerprint density at radius 3 is 2.55 bits per heavy atom. The Labute approximate surface area is 123 Å². The first-order chi connectivity index (χ1) is 9.54. The molecular formula is C16H31N3O. The van der Waals surface area contributed by atoms with Crippen LogP contribution in [0.4, 0.5) is 0 Å². The maximum Gasteiger partial charge on any atom is 0.226 e. The van der Waals surface area contributed by atoms with Crippen LogP contribution in [-0.4, -0.2) is 55.0 Å². The van der Waals surface area contributed by atoms with Gasteiger partial charge in [0.1, 0.15) is 0 Å². The lowest BCUT2D eigenvalue weighted by molar-refractivity contribution is -0.133. The molecule has 1 saturated carbocycles. The van der Waals surface area contributed by atoms with Gasteiger partial charge in [0, 0.05) is 25.6 Å². The molecule has 2 rings (SSSR count). The normalized spacial score (nSPS) is 26.4. The van der Waals surface area contributed by atoms with E-state index in [1.54, 1.807) is 0 Å². The van der Waals surface area contributed by atoms with Gasteiger partial charge in [-0.05, 0) is 50.7 Å². The average Bonchev–Trinajstić information content (AvgIpc) is 3.11. The SMILES string of the molecule is CC1(C)CC1C(=O)N1CCCN(CCCCCN)CC1. The van der Waals surface area contributed by atoms with Crippen LogP contribution in [0.3, 0.4) is 0 Å². The van der Waals surface area contributed by atoms with E-state index in [9.17, 15) is 4.79 Å². The fourth-order valence-electron chi connectivity index (χ4n) is 3.18. The molecule has 1 aliphatic carbocycles. The fraction of sp³-hybridized carbons (Fsp3) is 0.938. The summed E-state index contributed by atoms with van der Waals surface area (Å²) in [5.41, 5.74) is 5.78. The number of carbonyl (C=O) groups excluding carboxylic acids is 1. The zero-order valence-electron chi connectivity index (χ0n) is 13.2. The predicted octanol–water partition coefficient (Wildman–Crippen LogP) is 1.70. The molecule has 0 aromatic carbocycles.